The first kappa shape index (κ1) is 14.3. The number of rotatable bonds is 4. The third-order valence-corrected chi connectivity index (χ3v) is 3.87. The number of benzene rings is 2. The Morgan fingerprint density at radius 3 is 2.05 bits per heavy atom. The normalized spacial score (nSPS) is 14.0. The summed E-state index contributed by atoms with van der Waals surface area (Å²) in [5, 5.41) is 8.73. The molecule has 3 rings (SSSR count). The first-order chi connectivity index (χ1) is 10.6. The van der Waals surface area contributed by atoms with Crippen LogP contribution in [0.2, 0.25) is 0 Å². The number of hydrogen-bond donors (Lipinski definition) is 2. The molecule has 22 heavy (non-hydrogen) atoms. The van der Waals surface area contributed by atoms with E-state index < -0.39 is 18.0 Å². The summed E-state index contributed by atoms with van der Waals surface area (Å²) < 4.78 is 5.12. The van der Waals surface area contributed by atoms with Crippen LogP contribution in [0.5, 0.6) is 0 Å². The first-order valence-corrected chi connectivity index (χ1v) is 6.93. The number of nitrogens with two attached hydrogens (primary N) is 1. The van der Waals surface area contributed by atoms with E-state index in [4.69, 9.17) is 15.6 Å². The van der Waals surface area contributed by atoms with Crippen LogP contribution in [0, 0.1) is 0 Å². The molecule has 0 saturated heterocycles. The Bertz CT molecular complexity index is 695. The predicted molar refractivity (Wildman–Crippen MR) is 80.3 cm³/mol. The van der Waals surface area contributed by atoms with Gasteiger partial charge in [0.25, 0.3) is 0 Å². The van der Waals surface area contributed by atoms with E-state index in [0.29, 0.717) is 0 Å². The van der Waals surface area contributed by atoms with Crippen molar-refractivity contribution in [3.05, 3.63) is 59.7 Å². The molecule has 1 aliphatic rings. The minimum absolute atomic E-state index is 0.0772. The van der Waals surface area contributed by atoms with Crippen LogP contribution < -0.4 is 5.73 Å². The zero-order valence-electron chi connectivity index (χ0n) is 11.7. The summed E-state index contributed by atoms with van der Waals surface area (Å²) in [5.74, 6) is -2.41. The third-order valence-electron chi connectivity index (χ3n) is 3.87. The SMILES string of the molecule is NC(C(=O)O)C(=O)OCC1c2ccccc2-c2ccccc21. The Morgan fingerprint density at radius 2 is 1.55 bits per heavy atom. The summed E-state index contributed by atoms with van der Waals surface area (Å²) in [6.45, 7) is 0.0772. The molecule has 1 unspecified atom stereocenters. The van der Waals surface area contributed by atoms with Gasteiger partial charge in [0.15, 0.2) is 0 Å². The van der Waals surface area contributed by atoms with Crippen LogP contribution in [0.1, 0.15) is 17.0 Å². The molecule has 0 aliphatic heterocycles. The molecular formula is C17H15NO4. The number of carbonyl (C=O) groups excluding carboxylic acids is 1. The molecule has 2 aromatic carbocycles. The van der Waals surface area contributed by atoms with Gasteiger partial charge in [0, 0.05) is 5.92 Å². The monoisotopic (exact) mass is 297 g/mol. The molecule has 3 N–H and O–H groups in total. The van der Waals surface area contributed by atoms with Gasteiger partial charge in [0.05, 0.1) is 0 Å². The number of hydrogen-bond acceptors (Lipinski definition) is 4. The fraction of sp³-hybridized carbons (Fsp3) is 0.176. The minimum atomic E-state index is -1.65. The van der Waals surface area contributed by atoms with Gasteiger partial charge in [-0.1, -0.05) is 48.5 Å². The lowest BCUT2D eigenvalue weighted by Crippen LogP contribution is -2.40. The summed E-state index contributed by atoms with van der Waals surface area (Å²) in [7, 11) is 0. The fourth-order valence-electron chi connectivity index (χ4n) is 2.80. The molecule has 1 atom stereocenters. The highest BCUT2D eigenvalue weighted by Gasteiger charge is 2.30. The number of carboxylic acids is 1. The molecule has 2 aromatic rings. The lowest BCUT2D eigenvalue weighted by Gasteiger charge is -2.15. The standard InChI is InChI=1S/C17H15NO4/c18-15(16(19)20)17(21)22-9-14-12-7-3-1-5-10(12)11-6-2-4-8-13(11)14/h1-8,14-15H,9,18H2,(H,19,20). The van der Waals surface area contributed by atoms with E-state index in [2.05, 4.69) is 0 Å². The van der Waals surface area contributed by atoms with E-state index in [1.165, 1.54) is 0 Å². The van der Waals surface area contributed by atoms with E-state index in [1.807, 2.05) is 48.5 Å². The first-order valence-electron chi connectivity index (χ1n) is 6.93. The predicted octanol–water partition coefficient (Wildman–Crippen LogP) is 1.75. The van der Waals surface area contributed by atoms with Crippen molar-refractivity contribution in [3.8, 4) is 11.1 Å². The molecule has 112 valence electrons. The van der Waals surface area contributed by atoms with Crippen molar-refractivity contribution in [2.24, 2.45) is 5.73 Å². The highest BCUT2D eigenvalue weighted by molar-refractivity contribution is 5.98. The number of fused-ring (bicyclic) bond motifs is 3. The summed E-state index contributed by atoms with van der Waals surface area (Å²) >= 11 is 0. The Hall–Kier alpha value is -2.66. The maximum Gasteiger partial charge on any atom is 0.334 e. The van der Waals surface area contributed by atoms with Gasteiger partial charge < -0.3 is 15.6 Å². The van der Waals surface area contributed by atoms with Gasteiger partial charge in [0.2, 0.25) is 6.04 Å². The van der Waals surface area contributed by atoms with Crippen molar-refractivity contribution in [2.75, 3.05) is 6.61 Å². The van der Waals surface area contributed by atoms with Crippen molar-refractivity contribution < 1.29 is 19.4 Å². The number of carbonyl (C=O) groups is 2. The van der Waals surface area contributed by atoms with Crippen molar-refractivity contribution >= 4 is 11.9 Å². The highest BCUT2D eigenvalue weighted by Crippen LogP contribution is 2.44. The van der Waals surface area contributed by atoms with Gasteiger partial charge in [-0.05, 0) is 22.3 Å². The highest BCUT2D eigenvalue weighted by atomic mass is 16.5. The average molecular weight is 297 g/mol. The van der Waals surface area contributed by atoms with E-state index >= 15 is 0 Å². The lowest BCUT2D eigenvalue weighted by molar-refractivity contribution is -0.153. The number of aliphatic carboxylic acids is 1. The molecule has 0 amide bonds. The number of carboxylic acid groups (broad SMARTS) is 1. The molecular weight excluding hydrogens is 282 g/mol. The second kappa shape index (κ2) is 5.61. The molecule has 0 spiro atoms. The Kier molecular flexibility index (Phi) is 3.65. The second-order valence-corrected chi connectivity index (χ2v) is 5.17. The van der Waals surface area contributed by atoms with Gasteiger partial charge in [-0.15, -0.1) is 0 Å². The molecule has 5 heteroatoms. The third kappa shape index (κ3) is 2.35. The fourth-order valence-corrected chi connectivity index (χ4v) is 2.80. The maximum atomic E-state index is 11.6. The molecule has 5 nitrogen and oxygen atoms in total. The number of ether oxygens (including phenoxy) is 1. The lowest BCUT2D eigenvalue weighted by atomic mass is 9.98. The summed E-state index contributed by atoms with van der Waals surface area (Å²) in [5.41, 5.74) is 9.62. The number of esters is 1. The van der Waals surface area contributed by atoms with Gasteiger partial charge in [-0.2, -0.15) is 0 Å². The molecule has 0 saturated carbocycles. The Labute approximate surface area is 127 Å². The largest absolute Gasteiger partial charge is 0.480 e. The van der Waals surface area contributed by atoms with Crippen molar-refractivity contribution in [3.63, 3.8) is 0 Å². The van der Waals surface area contributed by atoms with Crippen molar-refractivity contribution in [1.82, 2.24) is 0 Å². The summed E-state index contributed by atoms with van der Waals surface area (Å²) in [6, 6.07) is 14.2. The quantitative estimate of drug-likeness (QED) is 0.663. The topological polar surface area (TPSA) is 89.6 Å². The van der Waals surface area contributed by atoms with Crippen LogP contribution in [0.15, 0.2) is 48.5 Å². The summed E-state index contributed by atoms with van der Waals surface area (Å²) in [4.78, 5) is 22.3. The van der Waals surface area contributed by atoms with Gasteiger partial charge >= 0.3 is 11.9 Å². The van der Waals surface area contributed by atoms with E-state index in [0.717, 1.165) is 22.3 Å². The van der Waals surface area contributed by atoms with E-state index in [-0.39, 0.29) is 12.5 Å². The zero-order valence-corrected chi connectivity index (χ0v) is 11.7. The van der Waals surface area contributed by atoms with Crippen LogP contribution in [0.3, 0.4) is 0 Å². The average Bonchev–Trinajstić information content (AvgIpc) is 2.86. The van der Waals surface area contributed by atoms with Crippen molar-refractivity contribution in [1.29, 1.82) is 0 Å². The van der Waals surface area contributed by atoms with Crippen LogP contribution in [0.25, 0.3) is 11.1 Å². The molecule has 0 bridgehead atoms. The second-order valence-electron chi connectivity index (χ2n) is 5.17. The van der Waals surface area contributed by atoms with Crippen LogP contribution in [-0.2, 0) is 14.3 Å². The van der Waals surface area contributed by atoms with Crippen LogP contribution in [-0.4, -0.2) is 29.7 Å². The van der Waals surface area contributed by atoms with Crippen molar-refractivity contribution in [2.45, 2.75) is 12.0 Å². The van der Waals surface area contributed by atoms with Gasteiger partial charge in [-0.25, -0.2) is 9.59 Å². The van der Waals surface area contributed by atoms with Crippen LogP contribution in [0.4, 0.5) is 0 Å². The summed E-state index contributed by atoms with van der Waals surface area (Å²) in [6.07, 6.45) is 0. The molecule has 1 aliphatic carbocycles. The molecule has 0 fully saturated rings. The zero-order chi connectivity index (χ0) is 15.7. The Balaban J connectivity index is 1.85. The molecule has 0 aromatic heterocycles. The van der Waals surface area contributed by atoms with E-state index in [9.17, 15) is 9.59 Å². The van der Waals surface area contributed by atoms with Gasteiger partial charge in [0.1, 0.15) is 6.61 Å². The minimum Gasteiger partial charge on any atom is -0.480 e. The smallest absolute Gasteiger partial charge is 0.334 e. The Morgan fingerprint density at radius 1 is 1.05 bits per heavy atom. The molecule has 0 heterocycles. The van der Waals surface area contributed by atoms with Crippen LogP contribution >= 0.6 is 0 Å². The maximum absolute atomic E-state index is 11.6. The molecule has 0 radical (unpaired) electrons. The van der Waals surface area contributed by atoms with Gasteiger partial charge in [-0.3, -0.25) is 0 Å². The van der Waals surface area contributed by atoms with E-state index in [1.54, 1.807) is 0 Å².